The van der Waals surface area contributed by atoms with E-state index in [4.69, 9.17) is 4.74 Å². The lowest BCUT2D eigenvalue weighted by atomic mass is 10.0. The molecule has 0 aliphatic rings. The van der Waals surface area contributed by atoms with Crippen LogP contribution in [0.2, 0.25) is 0 Å². The standard InChI is InChI=1S/C26H21F9O5S3/c1-39-18-8-12-20(13-9-18)41-19-10-4-16(5-11-19)22(36)17-6-14-21(15-7-17)42(3,43(37,38)40-2)26(34,35)24(29,30)23(27,28)25(31,32)33/h4-15H,1-3H3. The van der Waals surface area contributed by atoms with Gasteiger partial charge in [-0.25, -0.2) is 0 Å². The monoisotopic (exact) mass is 680 g/mol. The van der Waals surface area contributed by atoms with Crippen LogP contribution in [-0.4, -0.2) is 58.0 Å². The van der Waals surface area contributed by atoms with Gasteiger partial charge in [-0.15, -0.1) is 0 Å². The third-order valence-corrected chi connectivity index (χ3v) is 14.9. The highest BCUT2D eigenvalue weighted by molar-refractivity contribution is 8.89. The molecule has 43 heavy (non-hydrogen) atoms. The van der Waals surface area contributed by atoms with Gasteiger partial charge in [0.05, 0.1) is 14.2 Å². The van der Waals surface area contributed by atoms with Crippen LogP contribution in [0.15, 0.2) is 87.5 Å². The predicted octanol–water partition coefficient (Wildman–Crippen LogP) is 8.19. The maximum atomic E-state index is 15.2. The number of carbonyl (C=O) groups is 1. The van der Waals surface area contributed by atoms with E-state index in [0.29, 0.717) is 17.9 Å². The number of halogens is 9. The number of methoxy groups -OCH3 is 1. The summed E-state index contributed by atoms with van der Waals surface area (Å²) in [4.78, 5) is 13.3. The van der Waals surface area contributed by atoms with Gasteiger partial charge in [0, 0.05) is 25.8 Å². The average molecular weight is 681 g/mol. The van der Waals surface area contributed by atoms with Crippen LogP contribution in [0.3, 0.4) is 0 Å². The number of carbonyl (C=O) groups excluding carboxylic acids is 1. The van der Waals surface area contributed by atoms with Crippen molar-refractivity contribution in [3.8, 4) is 5.75 Å². The molecule has 0 fully saturated rings. The van der Waals surface area contributed by atoms with Crippen LogP contribution in [0.5, 0.6) is 5.75 Å². The molecule has 0 aliphatic heterocycles. The summed E-state index contributed by atoms with van der Waals surface area (Å²) < 4.78 is 159. The van der Waals surface area contributed by atoms with Gasteiger partial charge < -0.3 is 4.74 Å². The van der Waals surface area contributed by atoms with Crippen LogP contribution in [0.1, 0.15) is 15.9 Å². The molecule has 0 amide bonds. The van der Waals surface area contributed by atoms with E-state index in [0.717, 1.165) is 21.9 Å². The molecule has 0 radical (unpaired) electrons. The lowest BCUT2D eigenvalue weighted by Gasteiger charge is -2.45. The van der Waals surface area contributed by atoms with Crippen molar-refractivity contribution in [3.05, 3.63) is 83.9 Å². The second kappa shape index (κ2) is 11.9. The lowest BCUT2D eigenvalue weighted by molar-refractivity contribution is -0.381. The Balaban J connectivity index is 1.96. The summed E-state index contributed by atoms with van der Waals surface area (Å²) in [7, 11) is -9.86. The molecule has 0 bridgehead atoms. The van der Waals surface area contributed by atoms with E-state index in [1.165, 1.54) is 31.0 Å². The molecule has 3 aromatic rings. The largest absolute Gasteiger partial charge is 0.497 e. The Morgan fingerprint density at radius 1 is 0.674 bits per heavy atom. The van der Waals surface area contributed by atoms with Gasteiger partial charge in [-0.1, -0.05) is 11.8 Å². The maximum absolute atomic E-state index is 15.2. The third kappa shape index (κ3) is 5.95. The van der Waals surface area contributed by atoms with Crippen molar-refractivity contribution < 1.29 is 61.6 Å². The Labute approximate surface area is 245 Å². The second-order valence-corrected chi connectivity index (χ2v) is 16.9. The molecule has 5 nitrogen and oxygen atoms in total. The normalized spacial score (nSPS) is 15.4. The third-order valence-electron chi connectivity index (χ3n) is 6.20. The highest BCUT2D eigenvalue weighted by Gasteiger charge is 2.86. The van der Waals surface area contributed by atoms with E-state index in [1.54, 1.807) is 36.4 Å². The number of hydrogen-bond acceptors (Lipinski definition) is 6. The first-order valence-corrected chi connectivity index (χ1v) is 16.3. The minimum absolute atomic E-state index is 0.0770. The van der Waals surface area contributed by atoms with Crippen LogP contribution in [-0.2, 0) is 13.3 Å². The SMILES string of the molecule is COc1ccc(Sc2ccc(C(=O)c3ccc(S(C)(C(F)(F)C(F)(F)C(F)(F)C(F)(F)F)S(=O)(=O)OC)cc3)cc2)cc1. The fourth-order valence-corrected chi connectivity index (χ4v) is 9.71. The molecule has 1 unspecified atom stereocenters. The zero-order valence-electron chi connectivity index (χ0n) is 22.1. The maximum Gasteiger partial charge on any atom is 0.460 e. The summed E-state index contributed by atoms with van der Waals surface area (Å²) in [6.07, 6.45) is -7.25. The number of benzene rings is 3. The molecule has 0 saturated carbocycles. The molecule has 0 spiro atoms. The molecule has 3 rings (SSSR count). The summed E-state index contributed by atoms with van der Waals surface area (Å²) >= 11 is 1.35. The molecule has 3 aromatic carbocycles. The van der Waals surface area contributed by atoms with Gasteiger partial charge in [-0.2, -0.15) is 47.9 Å². The summed E-state index contributed by atoms with van der Waals surface area (Å²) in [5.41, 5.74) is -0.181. The van der Waals surface area contributed by atoms with Crippen LogP contribution < -0.4 is 4.74 Å². The van der Waals surface area contributed by atoms with Gasteiger partial charge >= 0.3 is 32.4 Å². The minimum atomic E-state index is -7.32. The van der Waals surface area contributed by atoms with E-state index < -0.39 is 52.2 Å². The quantitative estimate of drug-likeness (QED) is 0.116. The van der Waals surface area contributed by atoms with Crippen molar-refractivity contribution in [2.24, 2.45) is 0 Å². The van der Waals surface area contributed by atoms with E-state index in [2.05, 4.69) is 4.18 Å². The first-order chi connectivity index (χ1) is 19.7. The first-order valence-electron chi connectivity index (χ1n) is 11.5. The van der Waals surface area contributed by atoms with E-state index >= 15 is 8.78 Å². The number of alkyl halides is 9. The topological polar surface area (TPSA) is 69.7 Å². The van der Waals surface area contributed by atoms with Gasteiger partial charge in [-0.3, -0.25) is 8.98 Å². The predicted molar refractivity (Wildman–Crippen MR) is 142 cm³/mol. The molecule has 0 aliphatic carbocycles. The van der Waals surface area contributed by atoms with E-state index in [1.807, 2.05) is 0 Å². The van der Waals surface area contributed by atoms with Crippen molar-refractivity contribution in [1.82, 2.24) is 0 Å². The van der Waals surface area contributed by atoms with Crippen LogP contribution in [0, 0.1) is 0 Å². The van der Waals surface area contributed by atoms with Gasteiger partial charge in [0.15, 0.2) is 5.78 Å². The summed E-state index contributed by atoms with van der Waals surface area (Å²) in [5.74, 6) is -14.6. The van der Waals surface area contributed by atoms with Gasteiger partial charge in [0.1, 0.15) is 5.75 Å². The number of ether oxygens (including phenoxy) is 1. The van der Waals surface area contributed by atoms with Crippen molar-refractivity contribution in [2.45, 2.75) is 38.0 Å². The molecule has 0 N–H and O–H groups in total. The summed E-state index contributed by atoms with van der Waals surface area (Å²) in [6.45, 7) is 0. The number of hydrogen-bond donors (Lipinski definition) is 0. The zero-order chi connectivity index (χ0) is 32.6. The van der Waals surface area contributed by atoms with Crippen LogP contribution >= 0.6 is 20.8 Å². The Morgan fingerprint density at radius 3 is 1.49 bits per heavy atom. The molecular formula is C26H21F9O5S3. The van der Waals surface area contributed by atoms with Crippen molar-refractivity contribution in [2.75, 3.05) is 20.5 Å². The van der Waals surface area contributed by atoms with Gasteiger partial charge in [0.25, 0.3) is 0 Å². The second-order valence-electron chi connectivity index (χ2n) is 8.74. The first kappa shape index (κ1) is 34.6. The molecule has 0 heterocycles. The van der Waals surface area contributed by atoms with Crippen molar-refractivity contribution in [3.63, 3.8) is 0 Å². The molecule has 1 atom stereocenters. The highest BCUT2D eigenvalue weighted by Crippen LogP contribution is 2.75. The van der Waals surface area contributed by atoms with Crippen LogP contribution in [0.25, 0.3) is 0 Å². The zero-order valence-corrected chi connectivity index (χ0v) is 24.5. The highest BCUT2D eigenvalue weighted by atomic mass is 33.2. The fraction of sp³-hybridized carbons (Fsp3) is 0.269. The van der Waals surface area contributed by atoms with E-state index in [9.17, 15) is 43.9 Å². The molecule has 236 valence electrons. The smallest absolute Gasteiger partial charge is 0.460 e. The summed E-state index contributed by atoms with van der Waals surface area (Å²) in [5, 5.41) is -6.52. The Kier molecular flexibility index (Phi) is 9.57. The van der Waals surface area contributed by atoms with Crippen LogP contribution in [0.4, 0.5) is 39.5 Å². The Hall–Kier alpha value is -2.89. The van der Waals surface area contributed by atoms with E-state index in [-0.39, 0.29) is 24.5 Å². The molecule has 0 saturated heterocycles. The molecular weight excluding hydrogens is 659 g/mol. The molecule has 17 heteroatoms. The number of rotatable bonds is 11. The van der Waals surface area contributed by atoms with Crippen molar-refractivity contribution >= 4 is 35.8 Å². The van der Waals surface area contributed by atoms with Gasteiger partial charge in [0.2, 0.25) is 0 Å². The molecule has 0 aromatic heterocycles. The van der Waals surface area contributed by atoms with Gasteiger partial charge in [-0.05, 0) is 88.1 Å². The fourth-order valence-electron chi connectivity index (χ4n) is 3.62. The minimum Gasteiger partial charge on any atom is -0.497 e. The Morgan fingerprint density at radius 2 is 1.09 bits per heavy atom. The summed E-state index contributed by atoms with van der Waals surface area (Å²) in [6, 6.07) is 15.5. The lowest BCUT2D eigenvalue weighted by Crippen LogP contribution is -2.62. The Bertz CT molecular complexity index is 1560. The number of ketones is 1. The van der Waals surface area contributed by atoms with Crippen molar-refractivity contribution in [1.29, 1.82) is 0 Å². The average Bonchev–Trinajstić information content (AvgIpc) is 2.96.